The molecule has 1 aromatic heterocycles. The predicted octanol–water partition coefficient (Wildman–Crippen LogP) is 2.00. The molecule has 0 aliphatic carbocycles. The van der Waals surface area contributed by atoms with E-state index in [0.29, 0.717) is 12.8 Å². The molecule has 6 heteroatoms. The molecule has 1 aliphatic heterocycles. The van der Waals surface area contributed by atoms with Gasteiger partial charge in [0, 0.05) is 12.7 Å². The van der Waals surface area contributed by atoms with Gasteiger partial charge in [0.1, 0.15) is 6.04 Å². The Hall–Kier alpha value is -1.69. The Labute approximate surface area is 136 Å². The maximum Gasteiger partial charge on any atom is 0.329 e. The highest BCUT2D eigenvalue weighted by Gasteiger charge is 2.28. The molecule has 1 aliphatic rings. The lowest BCUT2D eigenvalue weighted by Crippen LogP contribution is -2.39. The summed E-state index contributed by atoms with van der Waals surface area (Å²) in [5.41, 5.74) is -0.0420. The maximum atomic E-state index is 14.1. The SMILES string of the molecule is CC[C@@H](C)C(C(=O)OC)n1cc(CCN2CCC2)cc(F)c1=O. The number of hydrogen-bond acceptors (Lipinski definition) is 4. The second kappa shape index (κ2) is 7.73. The highest BCUT2D eigenvalue weighted by molar-refractivity contribution is 5.74. The summed E-state index contributed by atoms with van der Waals surface area (Å²) in [5.74, 6) is -1.45. The largest absolute Gasteiger partial charge is 0.467 e. The van der Waals surface area contributed by atoms with E-state index in [2.05, 4.69) is 4.90 Å². The molecule has 0 bridgehead atoms. The molecule has 2 rings (SSSR count). The van der Waals surface area contributed by atoms with Gasteiger partial charge < -0.3 is 9.64 Å². The van der Waals surface area contributed by atoms with Crippen LogP contribution in [-0.4, -0.2) is 42.2 Å². The Morgan fingerprint density at radius 1 is 1.43 bits per heavy atom. The van der Waals surface area contributed by atoms with Crippen molar-refractivity contribution in [3.8, 4) is 0 Å². The topological polar surface area (TPSA) is 51.5 Å². The van der Waals surface area contributed by atoms with Crippen LogP contribution in [0.3, 0.4) is 0 Å². The molecule has 1 unspecified atom stereocenters. The van der Waals surface area contributed by atoms with Crippen LogP contribution in [0.4, 0.5) is 4.39 Å². The van der Waals surface area contributed by atoms with E-state index >= 15 is 0 Å². The molecular weight excluding hydrogens is 299 g/mol. The van der Waals surface area contributed by atoms with Crippen molar-refractivity contribution >= 4 is 5.97 Å². The van der Waals surface area contributed by atoms with Gasteiger partial charge in [-0.1, -0.05) is 20.3 Å². The van der Waals surface area contributed by atoms with Gasteiger partial charge in [0.15, 0.2) is 5.82 Å². The minimum absolute atomic E-state index is 0.120. The molecule has 0 aromatic carbocycles. The highest BCUT2D eigenvalue weighted by atomic mass is 19.1. The first kappa shape index (κ1) is 17.7. The summed E-state index contributed by atoms with van der Waals surface area (Å²) in [5, 5.41) is 0. The van der Waals surface area contributed by atoms with Crippen LogP contribution in [0.1, 0.15) is 38.3 Å². The van der Waals surface area contributed by atoms with E-state index in [1.165, 1.54) is 24.2 Å². The van der Waals surface area contributed by atoms with Gasteiger partial charge in [0.25, 0.3) is 5.56 Å². The molecule has 23 heavy (non-hydrogen) atoms. The van der Waals surface area contributed by atoms with Crippen molar-refractivity contribution in [1.29, 1.82) is 0 Å². The van der Waals surface area contributed by atoms with Crippen molar-refractivity contribution in [1.82, 2.24) is 9.47 Å². The fourth-order valence-electron chi connectivity index (χ4n) is 2.82. The van der Waals surface area contributed by atoms with E-state index in [1.54, 1.807) is 6.20 Å². The van der Waals surface area contributed by atoms with Crippen molar-refractivity contribution in [3.05, 3.63) is 34.0 Å². The third-order valence-electron chi connectivity index (χ3n) is 4.65. The van der Waals surface area contributed by atoms with Crippen molar-refractivity contribution in [2.45, 2.75) is 39.2 Å². The highest BCUT2D eigenvalue weighted by Crippen LogP contribution is 2.22. The van der Waals surface area contributed by atoms with Gasteiger partial charge in [-0.15, -0.1) is 0 Å². The first-order valence-electron chi connectivity index (χ1n) is 8.18. The van der Waals surface area contributed by atoms with E-state index in [-0.39, 0.29) is 5.92 Å². The second-order valence-electron chi connectivity index (χ2n) is 6.21. The lowest BCUT2D eigenvalue weighted by Gasteiger charge is -2.30. The van der Waals surface area contributed by atoms with Crippen LogP contribution >= 0.6 is 0 Å². The predicted molar refractivity (Wildman–Crippen MR) is 85.9 cm³/mol. The molecule has 0 amide bonds. The quantitative estimate of drug-likeness (QED) is 0.720. The van der Waals surface area contributed by atoms with E-state index in [4.69, 9.17) is 4.74 Å². The van der Waals surface area contributed by atoms with Gasteiger partial charge in [0.2, 0.25) is 0 Å². The number of halogens is 1. The number of carbonyl (C=O) groups excluding carboxylic acids is 1. The zero-order valence-corrected chi connectivity index (χ0v) is 14.0. The van der Waals surface area contributed by atoms with Crippen LogP contribution in [0.25, 0.3) is 0 Å². The van der Waals surface area contributed by atoms with Crippen LogP contribution in [0.5, 0.6) is 0 Å². The molecule has 0 N–H and O–H groups in total. The normalized spacial score (nSPS) is 17.4. The van der Waals surface area contributed by atoms with E-state index in [0.717, 1.165) is 25.2 Å². The number of likely N-dealkylation sites (tertiary alicyclic amines) is 1. The number of methoxy groups -OCH3 is 1. The molecule has 0 radical (unpaired) electrons. The Balaban J connectivity index is 2.31. The molecule has 128 valence electrons. The molecule has 0 spiro atoms. The van der Waals surface area contributed by atoms with Gasteiger partial charge in [-0.2, -0.15) is 0 Å². The summed E-state index contributed by atoms with van der Waals surface area (Å²) in [7, 11) is 1.28. The summed E-state index contributed by atoms with van der Waals surface area (Å²) in [6.07, 6.45) is 4.16. The van der Waals surface area contributed by atoms with Crippen molar-refractivity contribution in [2.75, 3.05) is 26.7 Å². The molecule has 5 nitrogen and oxygen atoms in total. The summed E-state index contributed by atoms with van der Waals surface area (Å²) >= 11 is 0. The molecule has 2 atom stereocenters. The number of ether oxygens (including phenoxy) is 1. The molecule has 1 fully saturated rings. The number of esters is 1. The van der Waals surface area contributed by atoms with Crippen LogP contribution in [0.2, 0.25) is 0 Å². The van der Waals surface area contributed by atoms with Crippen LogP contribution in [0, 0.1) is 11.7 Å². The summed E-state index contributed by atoms with van der Waals surface area (Å²) in [4.78, 5) is 26.6. The Bertz CT molecular complexity index is 610. The van der Waals surface area contributed by atoms with E-state index in [1.807, 2.05) is 13.8 Å². The van der Waals surface area contributed by atoms with Crippen molar-refractivity contribution in [2.24, 2.45) is 5.92 Å². The maximum absolute atomic E-state index is 14.1. The van der Waals surface area contributed by atoms with Crippen LogP contribution < -0.4 is 5.56 Å². The van der Waals surface area contributed by atoms with Gasteiger partial charge in [0.05, 0.1) is 7.11 Å². The minimum Gasteiger partial charge on any atom is -0.467 e. The molecule has 1 aromatic rings. The molecule has 2 heterocycles. The first-order chi connectivity index (χ1) is 11.0. The van der Waals surface area contributed by atoms with Crippen molar-refractivity contribution < 1.29 is 13.9 Å². The second-order valence-corrected chi connectivity index (χ2v) is 6.21. The lowest BCUT2D eigenvalue weighted by atomic mass is 9.98. The number of carbonyl (C=O) groups is 1. The molecule has 1 saturated heterocycles. The number of nitrogens with zero attached hydrogens (tertiary/aromatic N) is 2. The van der Waals surface area contributed by atoms with E-state index < -0.39 is 23.4 Å². The fraction of sp³-hybridized carbons (Fsp3) is 0.647. The average molecular weight is 324 g/mol. The number of hydrogen-bond donors (Lipinski definition) is 0. The smallest absolute Gasteiger partial charge is 0.329 e. The number of aromatic nitrogens is 1. The van der Waals surface area contributed by atoms with Gasteiger partial charge >= 0.3 is 5.97 Å². The number of pyridine rings is 1. The first-order valence-corrected chi connectivity index (χ1v) is 8.18. The van der Waals surface area contributed by atoms with Gasteiger partial charge in [-0.25, -0.2) is 9.18 Å². The zero-order valence-electron chi connectivity index (χ0n) is 14.0. The average Bonchev–Trinajstić information content (AvgIpc) is 2.49. The summed E-state index contributed by atoms with van der Waals surface area (Å²) in [6, 6.07) is 0.486. The zero-order chi connectivity index (χ0) is 17.0. The van der Waals surface area contributed by atoms with Crippen LogP contribution in [-0.2, 0) is 16.0 Å². The summed E-state index contributed by atoms with van der Waals surface area (Å²) in [6.45, 7) is 6.76. The Kier molecular flexibility index (Phi) is 5.93. The summed E-state index contributed by atoms with van der Waals surface area (Å²) < 4.78 is 20.1. The molecule has 0 saturated carbocycles. The fourth-order valence-corrected chi connectivity index (χ4v) is 2.82. The number of rotatable bonds is 7. The Morgan fingerprint density at radius 3 is 2.65 bits per heavy atom. The lowest BCUT2D eigenvalue weighted by molar-refractivity contribution is -0.146. The third-order valence-corrected chi connectivity index (χ3v) is 4.65. The monoisotopic (exact) mass is 324 g/mol. The Morgan fingerprint density at radius 2 is 2.13 bits per heavy atom. The van der Waals surface area contributed by atoms with E-state index in [9.17, 15) is 14.0 Å². The van der Waals surface area contributed by atoms with Crippen LogP contribution in [0.15, 0.2) is 17.1 Å². The minimum atomic E-state index is -0.816. The molecular formula is C17H25FN2O3. The van der Waals surface area contributed by atoms with Crippen molar-refractivity contribution in [3.63, 3.8) is 0 Å². The third kappa shape index (κ3) is 3.99. The van der Waals surface area contributed by atoms with Gasteiger partial charge in [-0.3, -0.25) is 9.36 Å². The standard InChI is InChI=1S/C17H25FN2O3/c1-4-12(2)15(17(22)23-3)20-11-13(10-14(18)16(20)21)6-9-19-7-5-8-19/h10-12,15H,4-9H2,1-3H3/t12-,15?/m1/s1. The van der Waals surface area contributed by atoms with Gasteiger partial charge in [-0.05, 0) is 43.5 Å².